The zero-order valence-electron chi connectivity index (χ0n) is 9.32. The number of hydrogen-bond donors (Lipinski definition) is 0. The van der Waals surface area contributed by atoms with Crippen LogP contribution in [0.2, 0.25) is 0 Å². The minimum absolute atomic E-state index is 0.103. The van der Waals surface area contributed by atoms with E-state index < -0.39 is 0 Å². The summed E-state index contributed by atoms with van der Waals surface area (Å²) in [6, 6.07) is 9.98. The highest BCUT2D eigenvalue weighted by Crippen LogP contribution is 2.34. The van der Waals surface area contributed by atoms with E-state index in [0.29, 0.717) is 6.61 Å². The van der Waals surface area contributed by atoms with Crippen molar-refractivity contribution < 1.29 is 4.74 Å². The first-order valence-electron chi connectivity index (χ1n) is 5.31. The molecule has 1 nitrogen and oxygen atoms in total. The summed E-state index contributed by atoms with van der Waals surface area (Å²) in [5, 5.41) is 1.96. The van der Waals surface area contributed by atoms with E-state index in [1.165, 1.54) is 0 Å². The molecule has 0 aliphatic carbocycles. The summed E-state index contributed by atoms with van der Waals surface area (Å²) < 4.78 is 6.50. The first-order valence-corrected chi connectivity index (χ1v) is 7.42. The molecule has 17 heavy (non-hydrogen) atoms. The Morgan fingerprint density at radius 1 is 1.29 bits per heavy atom. The highest BCUT2D eigenvalue weighted by Gasteiger charge is 2.12. The van der Waals surface area contributed by atoms with Gasteiger partial charge in [0, 0.05) is 0 Å². The fourth-order valence-corrected chi connectivity index (χ4v) is 3.10. The minimum Gasteiger partial charge on any atom is -0.494 e. The van der Waals surface area contributed by atoms with Gasteiger partial charge in [-0.2, -0.15) is 0 Å². The second-order valence-corrected chi connectivity index (χ2v) is 6.28. The molecule has 0 fully saturated rings. The van der Waals surface area contributed by atoms with Crippen molar-refractivity contribution in [2.24, 2.45) is 0 Å². The first kappa shape index (κ1) is 12.9. The number of thiophene rings is 1. The fourth-order valence-electron chi connectivity index (χ4n) is 1.55. The lowest BCUT2D eigenvalue weighted by Crippen LogP contribution is -1.94. The molecule has 0 spiro atoms. The van der Waals surface area contributed by atoms with E-state index in [0.717, 1.165) is 20.7 Å². The predicted octanol–water partition coefficient (Wildman–Crippen LogP) is 5.24. The van der Waals surface area contributed by atoms with Crippen molar-refractivity contribution in [3.05, 3.63) is 50.6 Å². The maximum atomic E-state index is 6.42. The Labute approximate surface area is 119 Å². The van der Waals surface area contributed by atoms with E-state index in [1.54, 1.807) is 11.3 Å². The molecule has 0 aliphatic rings. The summed E-state index contributed by atoms with van der Waals surface area (Å²) in [6.45, 7) is 2.66. The van der Waals surface area contributed by atoms with Gasteiger partial charge in [0.1, 0.15) is 5.75 Å². The lowest BCUT2D eigenvalue weighted by molar-refractivity contribution is 0.340. The molecule has 2 aromatic rings. The third-order valence-corrected chi connectivity index (χ3v) is 4.39. The van der Waals surface area contributed by atoms with E-state index >= 15 is 0 Å². The van der Waals surface area contributed by atoms with E-state index in [-0.39, 0.29) is 5.38 Å². The van der Waals surface area contributed by atoms with Crippen LogP contribution in [0.15, 0.2) is 39.5 Å². The maximum Gasteiger partial charge on any atom is 0.119 e. The molecule has 4 heteroatoms. The molecular weight excluding hydrogens is 320 g/mol. The van der Waals surface area contributed by atoms with Crippen molar-refractivity contribution in [1.29, 1.82) is 0 Å². The molecular formula is C13H12BrClOS. The Kier molecular flexibility index (Phi) is 4.48. The lowest BCUT2D eigenvalue weighted by atomic mass is 10.1. The van der Waals surface area contributed by atoms with Crippen molar-refractivity contribution >= 4 is 38.9 Å². The van der Waals surface area contributed by atoms with Gasteiger partial charge in [-0.15, -0.1) is 22.9 Å². The van der Waals surface area contributed by atoms with Crippen molar-refractivity contribution in [1.82, 2.24) is 0 Å². The number of benzene rings is 1. The van der Waals surface area contributed by atoms with Crippen LogP contribution in [-0.2, 0) is 0 Å². The molecule has 0 N–H and O–H groups in total. The number of rotatable bonds is 4. The van der Waals surface area contributed by atoms with Gasteiger partial charge in [0.25, 0.3) is 0 Å². The van der Waals surface area contributed by atoms with E-state index in [4.69, 9.17) is 16.3 Å². The zero-order valence-corrected chi connectivity index (χ0v) is 12.5. The van der Waals surface area contributed by atoms with Crippen molar-refractivity contribution in [3.8, 4) is 5.75 Å². The van der Waals surface area contributed by atoms with Crippen LogP contribution in [-0.4, -0.2) is 6.61 Å². The largest absolute Gasteiger partial charge is 0.494 e. The van der Waals surface area contributed by atoms with E-state index in [1.807, 2.05) is 31.2 Å². The Bertz CT molecular complexity index is 480. The van der Waals surface area contributed by atoms with Crippen LogP contribution in [0, 0.1) is 0 Å². The van der Waals surface area contributed by atoms with Crippen molar-refractivity contribution in [2.75, 3.05) is 6.61 Å². The monoisotopic (exact) mass is 330 g/mol. The Morgan fingerprint density at radius 3 is 2.53 bits per heavy atom. The molecule has 0 bridgehead atoms. The minimum atomic E-state index is -0.103. The van der Waals surface area contributed by atoms with Gasteiger partial charge in [0.05, 0.1) is 15.8 Å². The quantitative estimate of drug-likeness (QED) is 0.696. The highest BCUT2D eigenvalue weighted by molar-refractivity contribution is 9.11. The number of ether oxygens (including phenoxy) is 1. The lowest BCUT2D eigenvalue weighted by Gasteiger charge is -2.09. The molecule has 0 amide bonds. The second-order valence-electron chi connectivity index (χ2n) is 3.55. The third-order valence-electron chi connectivity index (χ3n) is 2.36. The van der Waals surface area contributed by atoms with Crippen LogP contribution in [0.1, 0.15) is 23.4 Å². The molecule has 0 radical (unpaired) electrons. The smallest absolute Gasteiger partial charge is 0.119 e. The Morgan fingerprint density at radius 2 is 2.00 bits per heavy atom. The Balaban J connectivity index is 2.16. The summed E-state index contributed by atoms with van der Waals surface area (Å²) in [6.07, 6.45) is 0. The van der Waals surface area contributed by atoms with Gasteiger partial charge >= 0.3 is 0 Å². The molecule has 0 saturated carbocycles. The number of halogens is 2. The average Bonchev–Trinajstić information content (AvgIpc) is 2.76. The molecule has 1 unspecified atom stereocenters. The molecule has 1 atom stereocenters. The van der Waals surface area contributed by atoms with Gasteiger partial charge in [0.2, 0.25) is 0 Å². The molecule has 1 aromatic heterocycles. The zero-order chi connectivity index (χ0) is 12.3. The van der Waals surface area contributed by atoms with Crippen LogP contribution in [0.3, 0.4) is 0 Å². The molecule has 0 saturated heterocycles. The van der Waals surface area contributed by atoms with Gasteiger partial charge in [0.15, 0.2) is 0 Å². The maximum absolute atomic E-state index is 6.42. The molecule has 1 heterocycles. The standard InChI is InChI=1S/C13H12BrClOS/c1-2-16-11-5-3-9(4-6-11)13(15)10-7-12(14)17-8-10/h3-8,13H,2H2,1H3. The summed E-state index contributed by atoms with van der Waals surface area (Å²) in [5.41, 5.74) is 2.20. The topological polar surface area (TPSA) is 9.23 Å². The summed E-state index contributed by atoms with van der Waals surface area (Å²) in [7, 11) is 0. The summed E-state index contributed by atoms with van der Waals surface area (Å²) in [5.74, 6) is 0.881. The van der Waals surface area contributed by atoms with Crippen LogP contribution >= 0.6 is 38.9 Å². The van der Waals surface area contributed by atoms with Crippen LogP contribution in [0.4, 0.5) is 0 Å². The summed E-state index contributed by atoms with van der Waals surface area (Å²) in [4.78, 5) is 0. The van der Waals surface area contributed by atoms with Gasteiger partial charge in [-0.25, -0.2) is 0 Å². The first-order chi connectivity index (χ1) is 8.20. The summed E-state index contributed by atoms with van der Waals surface area (Å²) >= 11 is 11.5. The molecule has 2 rings (SSSR count). The fraction of sp³-hybridized carbons (Fsp3) is 0.231. The number of hydrogen-bond acceptors (Lipinski definition) is 2. The molecule has 1 aromatic carbocycles. The van der Waals surface area contributed by atoms with Gasteiger partial charge < -0.3 is 4.74 Å². The van der Waals surface area contributed by atoms with Crippen LogP contribution in [0.25, 0.3) is 0 Å². The average molecular weight is 332 g/mol. The number of alkyl halides is 1. The highest BCUT2D eigenvalue weighted by atomic mass is 79.9. The van der Waals surface area contributed by atoms with Crippen LogP contribution < -0.4 is 4.74 Å². The third kappa shape index (κ3) is 3.24. The van der Waals surface area contributed by atoms with Crippen molar-refractivity contribution in [3.63, 3.8) is 0 Å². The SMILES string of the molecule is CCOc1ccc(C(Cl)c2csc(Br)c2)cc1. The molecule has 90 valence electrons. The van der Waals surface area contributed by atoms with Gasteiger partial charge in [-0.05, 0) is 57.6 Å². The second kappa shape index (κ2) is 5.89. The Hall–Kier alpha value is -0.510. The normalized spacial score (nSPS) is 12.4. The van der Waals surface area contributed by atoms with E-state index in [9.17, 15) is 0 Å². The van der Waals surface area contributed by atoms with Crippen molar-refractivity contribution in [2.45, 2.75) is 12.3 Å². The van der Waals surface area contributed by atoms with Crippen LogP contribution in [0.5, 0.6) is 5.75 Å². The molecule has 0 aliphatic heterocycles. The van der Waals surface area contributed by atoms with Gasteiger partial charge in [-0.3, -0.25) is 0 Å². The van der Waals surface area contributed by atoms with Gasteiger partial charge in [-0.1, -0.05) is 12.1 Å². The van der Waals surface area contributed by atoms with E-state index in [2.05, 4.69) is 27.4 Å². The predicted molar refractivity (Wildman–Crippen MR) is 77.3 cm³/mol.